The van der Waals surface area contributed by atoms with Crippen molar-refractivity contribution >= 4 is 5.97 Å². The summed E-state index contributed by atoms with van der Waals surface area (Å²) in [5.41, 5.74) is -2.17. The fourth-order valence-corrected chi connectivity index (χ4v) is 1.29. The van der Waals surface area contributed by atoms with Crippen LogP contribution >= 0.6 is 0 Å². The molecule has 0 amide bonds. The van der Waals surface area contributed by atoms with E-state index in [1.165, 1.54) is 0 Å². The molecule has 0 aliphatic heterocycles. The van der Waals surface area contributed by atoms with E-state index in [1.54, 1.807) is 6.92 Å². The van der Waals surface area contributed by atoms with E-state index in [4.69, 9.17) is 5.11 Å². The molecule has 2 N–H and O–H groups in total. The van der Waals surface area contributed by atoms with Gasteiger partial charge in [-0.05, 0) is 19.9 Å². The molecule has 0 fully saturated rings. The van der Waals surface area contributed by atoms with E-state index in [0.29, 0.717) is 6.42 Å². The van der Waals surface area contributed by atoms with Crippen LogP contribution in [0.25, 0.3) is 0 Å². The highest BCUT2D eigenvalue weighted by molar-refractivity contribution is 5.76. The van der Waals surface area contributed by atoms with Crippen molar-refractivity contribution in [3.8, 4) is 0 Å². The summed E-state index contributed by atoms with van der Waals surface area (Å²) in [6, 6.07) is 0. The van der Waals surface area contributed by atoms with Crippen molar-refractivity contribution in [3.05, 3.63) is 0 Å². The Morgan fingerprint density at radius 1 is 1.31 bits per heavy atom. The van der Waals surface area contributed by atoms with Crippen molar-refractivity contribution in [1.82, 2.24) is 4.90 Å². The molecular weight excluding hydrogens is 227 g/mol. The number of hydrogen-bond donors (Lipinski definition) is 2. The standard InChI is InChI=1S/C9H16F3NO3/c1-3-4-13(6-9(10,11)12)5-8(2,16)7(14)15/h16H,3-6H2,1-2H3,(H,14,15). The normalized spacial score (nSPS) is 16.2. The zero-order chi connectivity index (χ0) is 13.0. The molecule has 0 rings (SSSR count). The number of aliphatic carboxylic acids is 1. The second-order valence-corrected chi connectivity index (χ2v) is 3.90. The van der Waals surface area contributed by atoms with Gasteiger partial charge in [0.05, 0.1) is 6.54 Å². The molecule has 0 aromatic heterocycles. The Labute approximate surface area is 91.7 Å². The van der Waals surface area contributed by atoms with Gasteiger partial charge in [0, 0.05) is 6.54 Å². The first kappa shape index (κ1) is 15.2. The van der Waals surface area contributed by atoms with Crippen molar-refractivity contribution < 1.29 is 28.2 Å². The summed E-state index contributed by atoms with van der Waals surface area (Å²) in [7, 11) is 0. The molecule has 0 heterocycles. The Balaban J connectivity index is 4.50. The average Bonchev–Trinajstić information content (AvgIpc) is 1.99. The Hall–Kier alpha value is -0.820. The summed E-state index contributed by atoms with van der Waals surface area (Å²) in [4.78, 5) is 11.5. The molecule has 0 aromatic rings. The second kappa shape index (κ2) is 5.49. The van der Waals surface area contributed by atoms with Crippen LogP contribution in [0.2, 0.25) is 0 Å². The third-order valence-electron chi connectivity index (χ3n) is 1.93. The quantitative estimate of drug-likeness (QED) is 0.733. The number of halogens is 3. The number of rotatable bonds is 6. The predicted octanol–water partition coefficient (Wildman–Crippen LogP) is 1.10. The number of alkyl halides is 3. The number of nitrogens with zero attached hydrogens (tertiary/aromatic N) is 1. The SMILES string of the molecule is CCCN(CC(F)(F)F)CC(C)(O)C(=O)O. The van der Waals surface area contributed by atoms with Crippen LogP contribution < -0.4 is 0 Å². The van der Waals surface area contributed by atoms with Gasteiger partial charge in [-0.2, -0.15) is 13.2 Å². The van der Waals surface area contributed by atoms with Crippen molar-refractivity contribution in [2.75, 3.05) is 19.6 Å². The smallest absolute Gasteiger partial charge is 0.401 e. The summed E-state index contributed by atoms with van der Waals surface area (Å²) >= 11 is 0. The zero-order valence-corrected chi connectivity index (χ0v) is 9.21. The van der Waals surface area contributed by atoms with E-state index in [2.05, 4.69) is 0 Å². The molecule has 7 heteroatoms. The average molecular weight is 243 g/mol. The van der Waals surface area contributed by atoms with E-state index in [9.17, 15) is 23.1 Å². The minimum Gasteiger partial charge on any atom is -0.479 e. The summed E-state index contributed by atoms with van der Waals surface area (Å²) < 4.78 is 36.4. The van der Waals surface area contributed by atoms with E-state index < -0.39 is 30.8 Å². The molecular formula is C9H16F3NO3. The van der Waals surface area contributed by atoms with E-state index in [-0.39, 0.29) is 6.54 Å². The van der Waals surface area contributed by atoms with Crippen LogP contribution in [0.3, 0.4) is 0 Å². The molecule has 0 aliphatic rings. The fourth-order valence-electron chi connectivity index (χ4n) is 1.29. The zero-order valence-electron chi connectivity index (χ0n) is 9.21. The Morgan fingerprint density at radius 2 is 1.81 bits per heavy atom. The Kier molecular flexibility index (Phi) is 5.21. The largest absolute Gasteiger partial charge is 0.479 e. The van der Waals surface area contributed by atoms with Crippen molar-refractivity contribution in [2.45, 2.75) is 32.0 Å². The third kappa shape index (κ3) is 5.92. The van der Waals surface area contributed by atoms with E-state index in [1.807, 2.05) is 0 Å². The predicted molar refractivity (Wildman–Crippen MR) is 51.0 cm³/mol. The lowest BCUT2D eigenvalue weighted by atomic mass is 10.1. The molecule has 4 nitrogen and oxygen atoms in total. The van der Waals surface area contributed by atoms with E-state index in [0.717, 1.165) is 11.8 Å². The first-order valence-corrected chi connectivity index (χ1v) is 4.83. The fraction of sp³-hybridized carbons (Fsp3) is 0.889. The number of hydrogen-bond acceptors (Lipinski definition) is 3. The maximum absolute atomic E-state index is 12.1. The highest BCUT2D eigenvalue weighted by atomic mass is 19.4. The van der Waals surface area contributed by atoms with Crippen LogP contribution in [0, 0.1) is 0 Å². The number of carbonyl (C=O) groups is 1. The third-order valence-corrected chi connectivity index (χ3v) is 1.93. The molecule has 0 radical (unpaired) electrons. The van der Waals surface area contributed by atoms with E-state index >= 15 is 0 Å². The van der Waals surface area contributed by atoms with Crippen LogP contribution in [0.1, 0.15) is 20.3 Å². The van der Waals surface area contributed by atoms with Gasteiger partial charge < -0.3 is 10.2 Å². The molecule has 0 saturated carbocycles. The molecule has 1 unspecified atom stereocenters. The van der Waals surface area contributed by atoms with Gasteiger partial charge in [-0.3, -0.25) is 4.90 Å². The van der Waals surface area contributed by atoms with Crippen molar-refractivity contribution in [2.24, 2.45) is 0 Å². The van der Waals surface area contributed by atoms with Crippen LogP contribution in [0.4, 0.5) is 13.2 Å². The molecule has 1 atom stereocenters. The Bertz CT molecular complexity index is 241. The summed E-state index contributed by atoms with van der Waals surface area (Å²) in [5.74, 6) is -1.53. The molecule has 96 valence electrons. The molecule has 0 aliphatic carbocycles. The van der Waals surface area contributed by atoms with Crippen LogP contribution in [0.5, 0.6) is 0 Å². The van der Waals surface area contributed by atoms with Gasteiger partial charge in [-0.1, -0.05) is 6.92 Å². The van der Waals surface area contributed by atoms with Gasteiger partial charge in [0.1, 0.15) is 0 Å². The molecule has 0 bridgehead atoms. The molecule has 0 saturated heterocycles. The molecule has 0 aromatic carbocycles. The maximum Gasteiger partial charge on any atom is 0.401 e. The monoisotopic (exact) mass is 243 g/mol. The lowest BCUT2D eigenvalue weighted by molar-refractivity contribution is -0.168. The van der Waals surface area contributed by atoms with Gasteiger partial charge >= 0.3 is 12.1 Å². The lowest BCUT2D eigenvalue weighted by Crippen LogP contribution is -2.49. The highest BCUT2D eigenvalue weighted by Gasteiger charge is 2.37. The minimum absolute atomic E-state index is 0.0863. The topological polar surface area (TPSA) is 60.8 Å². The number of carboxylic acids is 1. The van der Waals surface area contributed by atoms with Crippen molar-refractivity contribution in [1.29, 1.82) is 0 Å². The summed E-state index contributed by atoms with van der Waals surface area (Å²) in [6.07, 6.45) is -3.95. The second-order valence-electron chi connectivity index (χ2n) is 3.90. The van der Waals surface area contributed by atoms with Crippen molar-refractivity contribution in [3.63, 3.8) is 0 Å². The van der Waals surface area contributed by atoms with Crippen LogP contribution in [-0.2, 0) is 4.79 Å². The first-order chi connectivity index (χ1) is 7.08. The molecule has 0 spiro atoms. The number of aliphatic hydroxyl groups is 1. The maximum atomic E-state index is 12.1. The number of carboxylic acid groups (broad SMARTS) is 1. The van der Waals surface area contributed by atoms with Gasteiger partial charge in [-0.25, -0.2) is 4.79 Å². The van der Waals surface area contributed by atoms with Gasteiger partial charge in [-0.15, -0.1) is 0 Å². The summed E-state index contributed by atoms with van der Waals surface area (Å²) in [5, 5.41) is 18.0. The Morgan fingerprint density at radius 3 is 2.12 bits per heavy atom. The highest BCUT2D eigenvalue weighted by Crippen LogP contribution is 2.18. The summed E-state index contributed by atoms with van der Waals surface area (Å²) in [6.45, 7) is 0.982. The first-order valence-electron chi connectivity index (χ1n) is 4.83. The molecule has 16 heavy (non-hydrogen) atoms. The lowest BCUT2D eigenvalue weighted by Gasteiger charge is -2.29. The van der Waals surface area contributed by atoms with Gasteiger partial charge in [0.2, 0.25) is 0 Å². The van der Waals surface area contributed by atoms with Crippen LogP contribution in [0.15, 0.2) is 0 Å². The van der Waals surface area contributed by atoms with Gasteiger partial charge in [0.25, 0.3) is 0 Å². The van der Waals surface area contributed by atoms with Crippen LogP contribution in [-0.4, -0.2) is 52.5 Å². The van der Waals surface area contributed by atoms with Gasteiger partial charge in [0.15, 0.2) is 5.60 Å². The minimum atomic E-state index is -4.40.